The Morgan fingerprint density at radius 2 is 2.38 bits per heavy atom. The Balaban J connectivity index is 2.64. The fourth-order valence-electron chi connectivity index (χ4n) is 2.43. The van der Waals surface area contributed by atoms with Gasteiger partial charge in [-0.15, -0.1) is 0 Å². The number of carbonyl (C=O) groups excluding carboxylic acids is 1. The number of carbonyl (C=O) groups is 1. The van der Waals surface area contributed by atoms with Crippen molar-refractivity contribution in [2.75, 3.05) is 13.2 Å². The van der Waals surface area contributed by atoms with E-state index in [0.29, 0.717) is 18.7 Å². The molecule has 1 aromatic rings. The van der Waals surface area contributed by atoms with Gasteiger partial charge >= 0.3 is 0 Å². The number of halogens is 2. The Morgan fingerprint density at radius 3 is 2.90 bits per heavy atom. The molecule has 1 saturated heterocycles. The van der Waals surface area contributed by atoms with Crippen LogP contribution in [-0.2, 0) is 4.79 Å². The Labute approximate surface area is 126 Å². The van der Waals surface area contributed by atoms with E-state index in [4.69, 9.17) is 21.5 Å². The van der Waals surface area contributed by atoms with Gasteiger partial charge in [0.15, 0.2) is 0 Å². The van der Waals surface area contributed by atoms with Crippen molar-refractivity contribution in [2.24, 2.45) is 5.16 Å². The number of ether oxygens (including phenoxy) is 1. The fraction of sp³-hybridized carbons (Fsp3) is 0.429. The minimum absolute atomic E-state index is 0.0918. The van der Waals surface area contributed by atoms with Crippen molar-refractivity contribution in [1.82, 2.24) is 5.32 Å². The van der Waals surface area contributed by atoms with E-state index in [1.54, 1.807) is 13.8 Å². The zero-order valence-electron chi connectivity index (χ0n) is 11.7. The van der Waals surface area contributed by atoms with Crippen LogP contribution < -0.4 is 10.1 Å². The van der Waals surface area contributed by atoms with Crippen LogP contribution in [0.1, 0.15) is 37.3 Å². The summed E-state index contributed by atoms with van der Waals surface area (Å²) in [4.78, 5) is 11.4. The number of benzene rings is 1. The second-order valence-electron chi connectivity index (χ2n) is 4.79. The third kappa shape index (κ3) is 2.95. The molecule has 0 aliphatic carbocycles. The molecule has 0 bridgehead atoms. The summed E-state index contributed by atoms with van der Waals surface area (Å²) in [6.45, 7) is 3.97. The van der Waals surface area contributed by atoms with E-state index >= 15 is 0 Å². The number of amides is 1. The predicted octanol–water partition coefficient (Wildman–Crippen LogP) is 2.68. The SMILES string of the molecule is CCOc1c(C(C)=NO)cc(Cl)c(F)c1C1CNC(=O)C1. The molecule has 0 radical (unpaired) electrons. The van der Waals surface area contributed by atoms with Gasteiger partial charge in [0, 0.05) is 30.0 Å². The minimum Gasteiger partial charge on any atom is -0.493 e. The maximum Gasteiger partial charge on any atom is 0.220 e. The molecule has 1 aliphatic rings. The van der Waals surface area contributed by atoms with Crippen molar-refractivity contribution >= 4 is 23.2 Å². The smallest absolute Gasteiger partial charge is 0.220 e. The van der Waals surface area contributed by atoms with Crippen LogP contribution in [0.2, 0.25) is 5.02 Å². The van der Waals surface area contributed by atoms with Crippen LogP contribution in [-0.4, -0.2) is 30.0 Å². The number of nitrogens with one attached hydrogen (secondary N) is 1. The second kappa shape index (κ2) is 6.30. The fourth-order valence-corrected chi connectivity index (χ4v) is 2.64. The highest BCUT2D eigenvalue weighted by molar-refractivity contribution is 6.31. The molecule has 114 valence electrons. The molecule has 21 heavy (non-hydrogen) atoms. The molecule has 0 saturated carbocycles. The molecule has 1 fully saturated rings. The van der Waals surface area contributed by atoms with Crippen molar-refractivity contribution in [2.45, 2.75) is 26.2 Å². The third-order valence-electron chi connectivity index (χ3n) is 3.42. The van der Waals surface area contributed by atoms with Crippen molar-refractivity contribution in [3.63, 3.8) is 0 Å². The van der Waals surface area contributed by atoms with E-state index in [9.17, 15) is 9.18 Å². The van der Waals surface area contributed by atoms with Crippen LogP contribution in [0.4, 0.5) is 4.39 Å². The average molecular weight is 315 g/mol. The van der Waals surface area contributed by atoms with Crippen LogP contribution in [0.5, 0.6) is 5.75 Å². The monoisotopic (exact) mass is 314 g/mol. The van der Waals surface area contributed by atoms with Crippen LogP contribution in [0.3, 0.4) is 0 Å². The highest BCUT2D eigenvalue weighted by Crippen LogP contribution is 2.39. The van der Waals surface area contributed by atoms with Gasteiger partial charge in [-0.1, -0.05) is 16.8 Å². The van der Waals surface area contributed by atoms with Gasteiger partial charge in [-0.3, -0.25) is 4.79 Å². The van der Waals surface area contributed by atoms with Crippen LogP contribution >= 0.6 is 11.6 Å². The first-order valence-corrected chi connectivity index (χ1v) is 6.97. The first-order valence-electron chi connectivity index (χ1n) is 6.60. The van der Waals surface area contributed by atoms with E-state index in [-0.39, 0.29) is 40.3 Å². The molecule has 1 atom stereocenters. The van der Waals surface area contributed by atoms with Crippen molar-refractivity contribution in [1.29, 1.82) is 0 Å². The molecule has 0 spiro atoms. The summed E-state index contributed by atoms with van der Waals surface area (Å²) < 4.78 is 20.0. The Morgan fingerprint density at radius 1 is 1.67 bits per heavy atom. The van der Waals surface area contributed by atoms with Gasteiger partial charge in [0.05, 0.1) is 17.3 Å². The zero-order chi connectivity index (χ0) is 15.6. The number of rotatable bonds is 4. The number of hydrogen-bond acceptors (Lipinski definition) is 4. The summed E-state index contributed by atoms with van der Waals surface area (Å²) in [5, 5.41) is 14.7. The van der Waals surface area contributed by atoms with E-state index in [1.807, 2.05) is 0 Å². The molecule has 2 rings (SSSR count). The van der Waals surface area contributed by atoms with E-state index in [2.05, 4.69) is 10.5 Å². The molecule has 1 aliphatic heterocycles. The zero-order valence-corrected chi connectivity index (χ0v) is 12.5. The molecular weight excluding hydrogens is 299 g/mol. The first-order chi connectivity index (χ1) is 9.99. The van der Waals surface area contributed by atoms with E-state index < -0.39 is 5.82 Å². The quantitative estimate of drug-likeness (QED) is 0.510. The molecule has 7 heteroatoms. The van der Waals surface area contributed by atoms with Gasteiger partial charge in [-0.2, -0.15) is 0 Å². The molecule has 1 heterocycles. The lowest BCUT2D eigenvalue weighted by atomic mass is 9.93. The van der Waals surface area contributed by atoms with Gasteiger partial charge in [-0.25, -0.2) is 4.39 Å². The van der Waals surface area contributed by atoms with Crippen molar-refractivity contribution < 1.29 is 19.1 Å². The molecule has 1 aromatic carbocycles. The Kier molecular flexibility index (Phi) is 4.67. The molecule has 1 unspecified atom stereocenters. The van der Waals surface area contributed by atoms with Crippen LogP contribution in [0.15, 0.2) is 11.2 Å². The number of nitrogens with zero attached hydrogens (tertiary/aromatic N) is 1. The van der Waals surface area contributed by atoms with Gasteiger partial charge in [-0.05, 0) is 19.9 Å². The highest BCUT2D eigenvalue weighted by atomic mass is 35.5. The summed E-state index contributed by atoms with van der Waals surface area (Å²) in [6, 6.07) is 1.37. The summed E-state index contributed by atoms with van der Waals surface area (Å²) in [6.07, 6.45) is 0.173. The van der Waals surface area contributed by atoms with Gasteiger partial charge in [0.25, 0.3) is 0 Å². The summed E-state index contributed by atoms with van der Waals surface area (Å²) in [5.74, 6) is -0.828. The largest absolute Gasteiger partial charge is 0.493 e. The lowest BCUT2D eigenvalue weighted by molar-refractivity contribution is -0.119. The van der Waals surface area contributed by atoms with E-state index in [1.165, 1.54) is 6.07 Å². The average Bonchev–Trinajstić information content (AvgIpc) is 2.88. The minimum atomic E-state index is -0.601. The lowest BCUT2D eigenvalue weighted by Gasteiger charge is -2.19. The predicted molar refractivity (Wildman–Crippen MR) is 76.9 cm³/mol. The Hall–Kier alpha value is -1.82. The summed E-state index contributed by atoms with van der Waals surface area (Å²) >= 11 is 5.93. The normalized spacial score (nSPS) is 18.8. The first kappa shape index (κ1) is 15.6. The molecule has 0 aromatic heterocycles. The molecule has 2 N–H and O–H groups in total. The number of hydrogen-bond donors (Lipinski definition) is 2. The maximum atomic E-state index is 14.5. The van der Waals surface area contributed by atoms with Gasteiger partial charge < -0.3 is 15.3 Å². The van der Waals surface area contributed by atoms with Crippen LogP contribution in [0, 0.1) is 5.82 Å². The standard InChI is InChI=1S/C14H16ClFN2O3/c1-3-21-14-9(7(2)18-20)5-10(15)13(16)12(14)8-4-11(19)17-6-8/h5,8,20H,3-4,6H2,1-2H3,(H,17,19). The third-order valence-corrected chi connectivity index (χ3v) is 3.70. The summed E-state index contributed by atoms with van der Waals surface area (Å²) in [5.41, 5.74) is 0.930. The van der Waals surface area contributed by atoms with Crippen molar-refractivity contribution in [3.8, 4) is 5.75 Å². The number of oxime groups is 1. The topological polar surface area (TPSA) is 70.9 Å². The molecular formula is C14H16ClFN2O3. The summed E-state index contributed by atoms with van der Waals surface area (Å²) in [7, 11) is 0. The van der Waals surface area contributed by atoms with E-state index in [0.717, 1.165) is 0 Å². The maximum absolute atomic E-state index is 14.5. The van der Waals surface area contributed by atoms with Gasteiger partial charge in [0.1, 0.15) is 11.6 Å². The second-order valence-corrected chi connectivity index (χ2v) is 5.19. The molecule has 5 nitrogen and oxygen atoms in total. The van der Waals surface area contributed by atoms with Crippen LogP contribution in [0.25, 0.3) is 0 Å². The van der Waals surface area contributed by atoms with Gasteiger partial charge in [0.2, 0.25) is 5.91 Å². The lowest BCUT2D eigenvalue weighted by Crippen LogP contribution is -2.15. The highest BCUT2D eigenvalue weighted by Gasteiger charge is 2.31. The molecule has 1 amide bonds. The Bertz CT molecular complexity index is 604. The van der Waals surface area contributed by atoms with Crippen molar-refractivity contribution in [3.05, 3.63) is 28.0 Å².